The van der Waals surface area contributed by atoms with Crippen LogP contribution in [0.2, 0.25) is 0 Å². The molecule has 0 amide bonds. The van der Waals surface area contributed by atoms with Crippen LogP contribution in [-0.2, 0) is 6.54 Å². The number of rotatable bonds is 4. The molecule has 0 aliphatic carbocycles. The van der Waals surface area contributed by atoms with Crippen LogP contribution in [-0.4, -0.2) is 20.0 Å². The first-order chi connectivity index (χ1) is 8.13. The SMILES string of the molecule is CCCCn1nc(C)c(-c2n[nH]c(=S)s2)c1C. The molecule has 0 unspecified atom stereocenters. The standard InChI is InChI=1S/C11H16N4S2/c1-4-5-6-15-8(3)9(7(2)14-15)10-12-13-11(16)17-10/h4-6H2,1-3H3,(H,13,16). The van der Waals surface area contributed by atoms with E-state index in [0.717, 1.165) is 29.2 Å². The number of aryl methyl sites for hydroxylation is 2. The van der Waals surface area contributed by atoms with Gasteiger partial charge in [0.15, 0.2) is 3.95 Å². The van der Waals surface area contributed by atoms with Crippen molar-refractivity contribution in [2.24, 2.45) is 0 Å². The van der Waals surface area contributed by atoms with Crippen molar-refractivity contribution >= 4 is 23.6 Å². The van der Waals surface area contributed by atoms with E-state index in [-0.39, 0.29) is 0 Å². The van der Waals surface area contributed by atoms with Crippen LogP contribution in [0.15, 0.2) is 0 Å². The van der Waals surface area contributed by atoms with E-state index >= 15 is 0 Å². The Bertz CT molecular complexity index is 564. The fourth-order valence-electron chi connectivity index (χ4n) is 1.87. The van der Waals surface area contributed by atoms with Gasteiger partial charge in [-0.25, -0.2) is 0 Å². The molecule has 0 bridgehead atoms. The predicted octanol–water partition coefficient (Wildman–Crippen LogP) is 3.48. The van der Waals surface area contributed by atoms with Crippen molar-refractivity contribution in [2.75, 3.05) is 0 Å². The molecule has 0 saturated carbocycles. The maximum atomic E-state index is 5.07. The molecule has 0 aromatic carbocycles. The minimum Gasteiger partial charge on any atom is -0.269 e. The highest BCUT2D eigenvalue weighted by Crippen LogP contribution is 2.28. The molecular formula is C11H16N4S2. The van der Waals surface area contributed by atoms with Crippen LogP contribution in [0.3, 0.4) is 0 Å². The van der Waals surface area contributed by atoms with Crippen molar-refractivity contribution in [1.82, 2.24) is 20.0 Å². The summed E-state index contributed by atoms with van der Waals surface area (Å²) in [5.74, 6) is 0. The predicted molar refractivity (Wildman–Crippen MR) is 72.9 cm³/mol. The molecule has 0 aliphatic heterocycles. The number of hydrogen-bond acceptors (Lipinski definition) is 4. The zero-order valence-electron chi connectivity index (χ0n) is 10.3. The topological polar surface area (TPSA) is 46.5 Å². The Morgan fingerprint density at radius 1 is 1.41 bits per heavy atom. The molecule has 2 aromatic heterocycles. The van der Waals surface area contributed by atoms with Crippen LogP contribution in [0.5, 0.6) is 0 Å². The van der Waals surface area contributed by atoms with Gasteiger partial charge < -0.3 is 0 Å². The lowest BCUT2D eigenvalue weighted by Gasteiger charge is -2.02. The highest BCUT2D eigenvalue weighted by atomic mass is 32.1. The van der Waals surface area contributed by atoms with Crippen molar-refractivity contribution in [3.8, 4) is 10.6 Å². The van der Waals surface area contributed by atoms with Crippen LogP contribution in [0.25, 0.3) is 10.6 Å². The molecule has 0 radical (unpaired) electrons. The Morgan fingerprint density at radius 3 is 2.76 bits per heavy atom. The second kappa shape index (κ2) is 5.10. The van der Waals surface area contributed by atoms with Crippen molar-refractivity contribution in [1.29, 1.82) is 0 Å². The number of H-pyrrole nitrogens is 1. The van der Waals surface area contributed by atoms with Crippen molar-refractivity contribution in [3.05, 3.63) is 15.3 Å². The third kappa shape index (κ3) is 2.47. The van der Waals surface area contributed by atoms with E-state index in [1.807, 2.05) is 6.92 Å². The minimum atomic E-state index is 0.708. The zero-order chi connectivity index (χ0) is 12.4. The molecule has 0 aliphatic rings. The molecule has 0 fully saturated rings. The Balaban J connectivity index is 2.41. The summed E-state index contributed by atoms with van der Waals surface area (Å²) < 4.78 is 2.78. The Morgan fingerprint density at radius 2 is 2.18 bits per heavy atom. The quantitative estimate of drug-likeness (QED) is 0.864. The van der Waals surface area contributed by atoms with E-state index in [1.165, 1.54) is 23.5 Å². The molecule has 0 spiro atoms. The average Bonchev–Trinajstić information content (AvgIpc) is 2.81. The molecule has 2 aromatic rings. The Hall–Kier alpha value is -1.01. The zero-order valence-corrected chi connectivity index (χ0v) is 11.9. The van der Waals surface area contributed by atoms with E-state index in [4.69, 9.17) is 12.2 Å². The molecular weight excluding hydrogens is 252 g/mol. The summed E-state index contributed by atoms with van der Waals surface area (Å²) in [7, 11) is 0. The number of nitrogens with one attached hydrogen (secondary N) is 1. The van der Waals surface area contributed by atoms with E-state index in [9.17, 15) is 0 Å². The van der Waals surface area contributed by atoms with Gasteiger partial charge in [-0.1, -0.05) is 24.7 Å². The third-order valence-electron chi connectivity index (χ3n) is 2.76. The van der Waals surface area contributed by atoms with Gasteiger partial charge in [0.25, 0.3) is 0 Å². The summed E-state index contributed by atoms with van der Waals surface area (Å²) in [5, 5.41) is 12.6. The number of hydrogen-bond donors (Lipinski definition) is 1. The maximum absolute atomic E-state index is 5.07. The van der Waals surface area contributed by atoms with Gasteiger partial charge in [-0.15, -0.1) is 0 Å². The van der Waals surface area contributed by atoms with Gasteiger partial charge in [-0.05, 0) is 32.5 Å². The molecule has 0 saturated heterocycles. The van der Waals surface area contributed by atoms with Gasteiger partial charge in [0.05, 0.1) is 11.3 Å². The normalized spacial score (nSPS) is 11.0. The third-order valence-corrected chi connectivity index (χ3v) is 3.86. The first-order valence-corrected chi connectivity index (χ1v) is 6.95. The highest BCUT2D eigenvalue weighted by Gasteiger charge is 2.15. The van der Waals surface area contributed by atoms with Gasteiger partial charge in [-0.3, -0.25) is 9.78 Å². The Labute approximate surface area is 110 Å². The smallest absolute Gasteiger partial charge is 0.176 e. The van der Waals surface area contributed by atoms with E-state index in [0.29, 0.717) is 3.95 Å². The monoisotopic (exact) mass is 268 g/mol. The number of unbranched alkanes of at least 4 members (excludes halogenated alkanes) is 1. The van der Waals surface area contributed by atoms with Crippen molar-refractivity contribution in [3.63, 3.8) is 0 Å². The fraction of sp³-hybridized carbons (Fsp3) is 0.545. The summed E-state index contributed by atoms with van der Waals surface area (Å²) >= 11 is 6.57. The number of aromatic amines is 1. The summed E-state index contributed by atoms with van der Waals surface area (Å²) in [6.07, 6.45) is 2.33. The molecule has 2 heterocycles. The van der Waals surface area contributed by atoms with Gasteiger partial charge in [-0.2, -0.15) is 10.2 Å². The second-order valence-corrected chi connectivity index (χ2v) is 5.71. The van der Waals surface area contributed by atoms with E-state index in [1.54, 1.807) is 0 Å². The largest absolute Gasteiger partial charge is 0.269 e. The molecule has 1 N–H and O–H groups in total. The summed E-state index contributed by atoms with van der Waals surface area (Å²) in [6, 6.07) is 0. The van der Waals surface area contributed by atoms with Gasteiger partial charge in [0.2, 0.25) is 0 Å². The van der Waals surface area contributed by atoms with Crippen LogP contribution in [0.4, 0.5) is 0 Å². The number of nitrogens with zero attached hydrogens (tertiary/aromatic N) is 3. The van der Waals surface area contributed by atoms with Gasteiger partial charge >= 0.3 is 0 Å². The highest BCUT2D eigenvalue weighted by molar-refractivity contribution is 7.73. The summed E-state index contributed by atoms with van der Waals surface area (Å²) in [5.41, 5.74) is 3.32. The summed E-state index contributed by atoms with van der Waals surface area (Å²) in [4.78, 5) is 0. The van der Waals surface area contributed by atoms with Crippen LogP contribution >= 0.6 is 23.6 Å². The lowest BCUT2D eigenvalue weighted by Crippen LogP contribution is -2.02. The first kappa shape index (κ1) is 12.4. The maximum Gasteiger partial charge on any atom is 0.176 e. The van der Waals surface area contributed by atoms with Gasteiger partial charge in [0, 0.05) is 12.2 Å². The lowest BCUT2D eigenvalue weighted by atomic mass is 10.2. The molecule has 4 nitrogen and oxygen atoms in total. The van der Waals surface area contributed by atoms with Crippen molar-refractivity contribution in [2.45, 2.75) is 40.2 Å². The van der Waals surface area contributed by atoms with Crippen molar-refractivity contribution < 1.29 is 0 Å². The fourth-order valence-corrected chi connectivity index (χ4v) is 2.91. The molecule has 0 atom stereocenters. The number of aromatic nitrogens is 4. The van der Waals surface area contributed by atoms with Crippen LogP contribution in [0, 0.1) is 17.8 Å². The first-order valence-electron chi connectivity index (χ1n) is 5.73. The van der Waals surface area contributed by atoms with E-state index < -0.39 is 0 Å². The lowest BCUT2D eigenvalue weighted by molar-refractivity contribution is 0.556. The Kier molecular flexibility index (Phi) is 3.73. The second-order valence-electron chi connectivity index (χ2n) is 4.04. The average molecular weight is 268 g/mol. The minimum absolute atomic E-state index is 0.708. The molecule has 2 rings (SSSR count). The summed E-state index contributed by atoms with van der Waals surface area (Å²) in [6.45, 7) is 7.27. The van der Waals surface area contributed by atoms with Crippen LogP contribution < -0.4 is 0 Å². The molecule has 92 valence electrons. The van der Waals surface area contributed by atoms with Crippen LogP contribution in [0.1, 0.15) is 31.2 Å². The molecule has 6 heteroatoms. The van der Waals surface area contributed by atoms with E-state index in [2.05, 4.69) is 33.8 Å². The molecule has 17 heavy (non-hydrogen) atoms. The van der Waals surface area contributed by atoms with Gasteiger partial charge in [0.1, 0.15) is 5.01 Å².